The van der Waals surface area contributed by atoms with Crippen LogP contribution in [0.1, 0.15) is 34.7 Å². The van der Waals surface area contributed by atoms with Crippen molar-refractivity contribution in [3.05, 3.63) is 70.9 Å². The summed E-state index contributed by atoms with van der Waals surface area (Å²) in [5.74, 6) is 1.83. The monoisotopic (exact) mass is 363 g/mol. The number of aryl methyl sites for hydroxylation is 1. The summed E-state index contributed by atoms with van der Waals surface area (Å²) in [5.41, 5.74) is 4.07. The van der Waals surface area contributed by atoms with E-state index in [4.69, 9.17) is 9.47 Å². The molecule has 0 unspecified atom stereocenters. The van der Waals surface area contributed by atoms with E-state index in [-0.39, 0.29) is 11.8 Å². The lowest BCUT2D eigenvalue weighted by atomic mass is 9.85. The van der Waals surface area contributed by atoms with Gasteiger partial charge >= 0.3 is 0 Å². The van der Waals surface area contributed by atoms with E-state index >= 15 is 0 Å². The number of carbonyl (C=O) groups is 1. The first-order valence-corrected chi connectivity index (χ1v) is 8.85. The molecule has 1 aliphatic rings. The van der Waals surface area contributed by atoms with Crippen molar-refractivity contribution >= 4 is 11.7 Å². The summed E-state index contributed by atoms with van der Waals surface area (Å²) >= 11 is 0. The van der Waals surface area contributed by atoms with E-state index in [0.717, 1.165) is 22.4 Å². The van der Waals surface area contributed by atoms with Crippen molar-refractivity contribution in [2.24, 2.45) is 0 Å². The first-order chi connectivity index (χ1) is 13.2. The molecule has 0 saturated heterocycles. The van der Waals surface area contributed by atoms with Crippen LogP contribution in [-0.2, 0) is 11.4 Å². The van der Waals surface area contributed by atoms with Crippen LogP contribution in [0.25, 0.3) is 0 Å². The molecule has 1 aliphatic heterocycles. The van der Waals surface area contributed by atoms with Gasteiger partial charge in [-0.3, -0.25) is 9.89 Å². The molecule has 0 radical (unpaired) electrons. The molecular weight excluding hydrogens is 342 g/mol. The van der Waals surface area contributed by atoms with Gasteiger partial charge in [-0.15, -0.1) is 0 Å². The number of benzene rings is 2. The second-order valence-corrected chi connectivity index (χ2v) is 6.60. The van der Waals surface area contributed by atoms with Crippen LogP contribution in [0.15, 0.2) is 48.5 Å². The number of aromatic amines is 1. The Labute approximate surface area is 157 Å². The zero-order valence-electron chi connectivity index (χ0n) is 15.3. The van der Waals surface area contributed by atoms with Gasteiger partial charge in [-0.25, -0.2) is 0 Å². The number of rotatable bonds is 5. The van der Waals surface area contributed by atoms with Crippen molar-refractivity contribution in [2.75, 3.05) is 12.4 Å². The van der Waals surface area contributed by atoms with Crippen molar-refractivity contribution < 1.29 is 14.3 Å². The fourth-order valence-corrected chi connectivity index (χ4v) is 3.47. The molecule has 0 aliphatic carbocycles. The quantitative estimate of drug-likeness (QED) is 0.723. The number of carbonyl (C=O) groups excluding carboxylic acids is 1. The summed E-state index contributed by atoms with van der Waals surface area (Å²) in [6.07, 6.45) is 0.376. The molecule has 4 rings (SSSR count). The van der Waals surface area contributed by atoms with Crippen LogP contribution >= 0.6 is 0 Å². The predicted molar refractivity (Wildman–Crippen MR) is 102 cm³/mol. The number of anilines is 1. The summed E-state index contributed by atoms with van der Waals surface area (Å²) in [5, 5.41) is 9.97. The Bertz CT molecular complexity index is 966. The Morgan fingerprint density at radius 3 is 2.74 bits per heavy atom. The van der Waals surface area contributed by atoms with E-state index in [1.54, 1.807) is 7.11 Å². The van der Waals surface area contributed by atoms with E-state index in [2.05, 4.69) is 15.5 Å². The van der Waals surface area contributed by atoms with Gasteiger partial charge in [0.05, 0.1) is 7.11 Å². The maximum absolute atomic E-state index is 12.1. The van der Waals surface area contributed by atoms with Crippen LogP contribution in [0.4, 0.5) is 5.82 Å². The Balaban J connectivity index is 1.62. The summed E-state index contributed by atoms with van der Waals surface area (Å²) in [4.78, 5) is 12.1. The number of nitrogens with zero attached hydrogens (tertiary/aromatic N) is 1. The number of amides is 1. The highest BCUT2D eigenvalue weighted by Gasteiger charge is 2.30. The second kappa shape index (κ2) is 7.15. The molecule has 2 N–H and O–H groups in total. The molecule has 1 aromatic heterocycles. The number of nitrogens with one attached hydrogen (secondary N) is 2. The van der Waals surface area contributed by atoms with Gasteiger partial charge in [-0.05, 0) is 30.2 Å². The average molecular weight is 363 g/mol. The minimum absolute atomic E-state index is 0.0395. The number of fused-ring (bicyclic) bond motifs is 1. The number of aromatic nitrogens is 2. The standard InChI is InChI=1S/C21H21N3O3/c1-13-20-16(11-19(25)22-21(20)24-23-13)15-8-9-17(18(10-15)26-2)27-12-14-6-4-3-5-7-14/h3-10,16H,11-12H2,1-2H3,(H2,22,23,24,25)/t16-/m1/s1. The van der Waals surface area contributed by atoms with Gasteiger partial charge in [0.15, 0.2) is 17.3 Å². The van der Waals surface area contributed by atoms with Crippen LogP contribution in [0.2, 0.25) is 0 Å². The van der Waals surface area contributed by atoms with Crippen LogP contribution in [0, 0.1) is 6.92 Å². The molecule has 1 atom stereocenters. The van der Waals surface area contributed by atoms with Crippen LogP contribution in [0.3, 0.4) is 0 Å². The van der Waals surface area contributed by atoms with E-state index in [9.17, 15) is 4.79 Å². The van der Waals surface area contributed by atoms with E-state index < -0.39 is 0 Å². The van der Waals surface area contributed by atoms with Gasteiger partial charge in [0.2, 0.25) is 5.91 Å². The summed E-state index contributed by atoms with van der Waals surface area (Å²) < 4.78 is 11.5. The fraction of sp³-hybridized carbons (Fsp3) is 0.238. The van der Waals surface area contributed by atoms with Crippen molar-refractivity contribution in [1.82, 2.24) is 10.2 Å². The highest BCUT2D eigenvalue weighted by atomic mass is 16.5. The smallest absolute Gasteiger partial charge is 0.226 e. The van der Waals surface area contributed by atoms with Crippen molar-refractivity contribution in [3.8, 4) is 11.5 Å². The van der Waals surface area contributed by atoms with Gasteiger partial charge < -0.3 is 14.8 Å². The SMILES string of the molecule is COc1cc([C@H]2CC(=O)Nc3n[nH]c(C)c32)ccc1OCc1ccccc1. The summed E-state index contributed by atoms with van der Waals surface area (Å²) in [6.45, 7) is 2.43. The van der Waals surface area contributed by atoms with E-state index in [1.807, 2.05) is 55.5 Å². The van der Waals surface area contributed by atoms with Gasteiger partial charge in [0.1, 0.15) is 6.61 Å². The number of methoxy groups -OCH3 is 1. The molecule has 3 aromatic rings. The molecule has 0 spiro atoms. The van der Waals surface area contributed by atoms with Crippen molar-refractivity contribution in [2.45, 2.75) is 25.9 Å². The van der Waals surface area contributed by atoms with Gasteiger partial charge in [0, 0.05) is 23.6 Å². The molecule has 1 amide bonds. The van der Waals surface area contributed by atoms with Crippen LogP contribution < -0.4 is 14.8 Å². The van der Waals surface area contributed by atoms with Crippen molar-refractivity contribution in [1.29, 1.82) is 0 Å². The molecule has 2 heterocycles. The van der Waals surface area contributed by atoms with Crippen molar-refractivity contribution in [3.63, 3.8) is 0 Å². The Hall–Kier alpha value is -3.28. The van der Waals surface area contributed by atoms with Crippen LogP contribution in [-0.4, -0.2) is 23.2 Å². The van der Waals surface area contributed by atoms with Gasteiger partial charge in [-0.2, -0.15) is 5.10 Å². The molecule has 138 valence electrons. The maximum atomic E-state index is 12.1. The highest BCUT2D eigenvalue weighted by molar-refractivity contribution is 5.94. The van der Waals surface area contributed by atoms with Gasteiger partial charge in [0.25, 0.3) is 0 Å². The third kappa shape index (κ3) is 3.38. The molecule has 0 bridgehead atoms. The normalized spacial score (nSPS) is 15.8. The zero-order chi connectivity index (χ0) is 18.8. The lowest BCUT2D eigenvalue weighted by Gasteiger charge is -2.23. The average Bonchev–Trinajstić information content (AvgIpc) is 3.07. The minimum atomic E-state index is -0.0652. The van der Waals surface area contributed by atoms with E-state index in [1.165, 1.54) is 0 Å². The lowest BCUT2D eigenvalue weighted by molar-refractivity contribution is -0.116. The van der Waals surface area contributed by atoms with Gasteiger partial charge in [-0.1, -0.05) is 36.4 Å². The molecule has 2 aromatic carbocycles. The molecular formula is C21H21N3O3. The summed E-state index contributed by atoms with van der Waals surface area (Å²) in [7, 11) is 1.62. The molecule has 6 heteroatoms. The molecule has 6 nitrogen and oxygen atoms in total. The number of H-pyrrole nitrogens is 1. The predicted octanol–water partition coefficient (Wildman–Crippen LogP) is 3.78. The number of hydrogen-bond acceptors (Lipinski definition) is 4. The largest absolute Gasteiger partial charge is 0.493 e. The third-order valence-corrected chi connectivity index (χ3v) is 4.82. The van der Waals surface area contributed by atoms with E-state index in [0.29, 0.717) is 30.3 Å². The number of ether oxygens (including phenoxy) is 2. The Morgan fingerprint density at radius 2 is 1.96 bits per heavy atom. The zero-order valence-corrected chi connectivity index (χ0v) is 15.3. The fourth-order valence-electron chi connectivity index (χ4n) is 3.47. The number of hydrogen-bond donors (Lipinski definition) is 2. The minimum Gasteiger partial charge on any atom is -0.493 e. The molecule has 0 saturated carbocycles. The second-order valence-electron chi connectivity index (χ2n) is 6.60. The topological polar surface area (TPSA) is 76.2 Å². The highest BCUT2D eigenvalue weighted by Crippen LogP contribution is 2.40. The van der Waals surface area contributed by atoms with Crippen LogP contribution in [0.5, 0.6) is 11.5 Å². The first kappa shape index (κ1) is 17.1. The summed E-state index contributed by atoms with van der Waals surface area (Å²) in [6, 6.07) is 15.8. The molecule has 27 heavy (non-hydrogen) atoms. The molecule has 0 fully saturated rings. The Morgan fingerprint density at radius 1 is 1.15 bits per heavy atom. The first-order valence-electron chi connectivity index (χ1n) is 8.85. The lowest BCUT2D eigenvalue weighted by Crippen LogP contribution is -2.23. The Kier molecular flexibility index (Phi) is 4.54. The third-order valence-electron chi connectivity index (χ3n) is 4.82. The maximum Gasteiger partial charge on any atom is 0.226 e.